The number of aromatic hydroxyl groups is 1. The molecular weight excluding hydrogens is 174 g/mol. The van der Waals surface area contributed by atoms with Crippen LogP contribution in [0.3, 0.4) is 0 Å². The summed E-state index contributed by atoms with van der Waals surface area (Å²) in [5.74, 6) is 0.316. The topological polar surface area (TPSA) is 46.2 Å². The molecule has 2 nitrogen and oxygen atoms in total. The van der Waals surface area contributed by atoms with Gasteiger partial charge in [-0.3, -0.25) is 0 Å². The van der Waals surface area contributed by atoms with Gasteiger partial charge in [0.15, 0.2) is 0 Å². The molecule has 0 aliphatic rings. The lowest BCUT2D eigenvalue weighted by Gasteiger charge is -2.13. The number of nitrogens with two attached hydrogens (primary N) is 1. The number of aryl methyl sites for hydroxylation is 2. The first kappa shape index (κ1) is 10.8. The van der Waals surface area contributed by atoms with Crippen LogP contribution in [0.2, 0.25) is 0 Å². The second-order valence-electron chi connectivity index (χ2n) is 3.66. The lowest BCUT2D eigenvalue weighted by atomic mass is 9.96. The number of hydrogen-bond donors (Lipinski definition) is 2. The van der Waals surface area contributed by atoms with E-state index in [-0.39, 0.29) is 6.04 Å². The molecule has 0 amide bonds. The number of phenolic OH excluding ortho intramolecular Hbond substituents is 1. The molecule has 1 aromatic rings. The average molecular weight is 191 g/mol. The van der Waals surface area contributed by atoms with Crippen molar-refractivity contribution in [1.29, 1.82) is 0 Å². The summed E-state index contributed by atoms with van der Waals surface area (Å²) in [5, 5.41) is 9.36. The normalized spacial score (nSPS) is 12.5. The van der Waals surface area contributed by atoms with Gasteiger partial charge in [-0.25, -0.2) is 0 Å². The first-order valence-corrected chi connectivity index (χ1v) is 4.72. The van der Waals surface area contributed by atoms with E-state index in [1.165, 1.54) is 5.56 Å². The zero-order chi connectivity index (χ0) is 10.7. The van der Waals surface area contributed by atoms with Crippen molar-refractivity contribution in [1.82, 2.24) is 0 Å². The zero-order valence-corrected chi connectivity index (χ0v) is 8.75. The number of benzene rings is 1. The van der Waals surface area contributed by atoms with Crippen molar-refractivity contribution in [2.45, 2.75) is 26.3 Å². The Morgan fingerprint density at radius 2 is 1.93 bits per heavy atom. The summed E-state index contributed by atoms with van der Waals surface area (Å²) < 4.78 is 0. The van der Waals surface area contributed by atoms with Crippen LogP contribution in [-0.4, -0.2) is 11.1 Å². The molecule has 14 heavy (non-hydrogen) atoms. The molecule has 0 saturated carbocycles. The average Bonchev–Trinajstić information content (AvgIpc) is 2.10. The summed E-state index contributed by atoms with van der Waals surface area (Å²) in [6.07, 6.45) is 2.52. The first-order chi connectivity index (χ1) is 6.54. The van der Waals surface area contributed by atoms with Crippen LogP contribution in [0.1, 0.15) is 16.7 Å². The van der Waals surface area contributed by atoms with Crippen LogP contribution in [0, 0.1) is 13.8 Å². The van der Waals surface area contributed by atoms with E-state index < -0.39 is 0 Å². The lowest BCUT2D eigenvalue weighted by Crippen LogP contribution is -2.20. The van der Waals surface area contributed by atoms with Crippen molar-refractivity contribution in [3.05, 3.63) is 41.5 Å². The molecular formula is C12H17NO. The maximum atomic E-state index is 9.36. The Hall–Kier alpha value is -1.28. The van der Waals surface area contributed by atoms with Crippen molar-refractivity contribution in [3.63, 3.8) is 0 Å². The van der Waals surface area contributed by atoms with Gasteiger partial charge in [0.05, 0.1) is 0 Å². The molecule has 0 aromatic heterocycles. The maximum Gasteiger partial charge on any atom is 0.116 e. The van der Waals surface area contributed by atoms with Crippen LogP contribution in [0.25, 0.3) is 0 Å². The first-order valence-electron chi connectivity index (χ1n) is 4.72. The minimum atomic E-state index is -0.0167. The van der Waals surface area contributed by atoms with Gasteiger partial charge in [-0.2, -0.15) is 0 Å². The number of rotatable bonds is 3. The third-order valence-electron chi connectivity index (χ3n) is 2.42. The van der Waals surface area contributed by atoms with E-state index in [2.05, 4.69) is 6.58 Å². The Kier molecular flexibility index (Phi) is 3.31. The molecule has 1 atom stereocenters. The van der Waals surface area contributed by atoms with E-state index >= 15 is 0 Å². The highest BCUT2D eigenvalue weighted by Gasteiger charge is 2.07. The van der Waals surface area contributed by atoms with Crippen LogP contribution in [0.4, 0.5) is 0 Å². The van der Waals surface area contributed by atoms with E-state index in [4.69, 9.17) is 5.73 Å². The SMILES string of the molecule is C=CC(N)Cc1c(C)cc(O)cc1C. The van der Waals surface area contributed by atoms with Crippen LogP contribution in [-0.2, 0) is 6.42 Å². The van der Waals surface area contributed by atoms with Gasteiger partial charge in [0, 0.05) is 6.04 Å². The number of hydrogen-bond acceptors (Lipinski definition) is 2. The Balaban J connectivity index is 3.02. The van der Waals surface area contributed by atoms with E-state index in [0.717, 1.165) is 17.5 Å². The lowest BCUT2D eigenvalue weighted by molar-refractivity contribution is 0.474. The molecule has 76 valence electrons. The van der Waals surface area contributed by atoms with Crippen molar-refractivity contribution < 1.29 is 5.11 Å². The Labute approximate surface area is 85.1 Å². The highest BCUT2D eigenvalue weighted by Crippen LogP contribution is 2.21. The van der Waals surface area contributed by atoms with Gasteiger partial charge < -0.3 is 10.8 Å². The van der Waals surface area contributed by atoms with Gasteiger partial charge in [-0.05, 0) is 49.1 Å². The fourth-order valence-electron chi connectivity index (χ4n) is 1.61. The smallest absolute Gasteiger partial charge is 0.116 e. The molecule has 0 aliphatic heterocycles. The predicted octanol–water partition coefficient (Wildman–Crippen LogP) is 2.06. The molecule has 0 spiro atoms. The highest BCUT2D eigenvalue weighted by molar-refractivity contribution is 5.41. The van der Waals surface area contributed by atoms with Crippen molar-refractivity contribution >= 4 is 0 Å². The molecule has 2 heteroatoms. The van der Waals surface area contributed by atoms with Crippen LogP contribution in [0.15, 0.2) is 24.8 Å². The maximum absolute atomic E-state index is 9.36. The van der Waals surface area contributed by atoms with E-state index in [0.29, 0.717) is 5.75 Å². The molecule has 0 bridgehead atoms. The molecule has 0 heterocycles. The molecule has 3 N–H and O–H groups in total. The largest absolute Gasteiger partial charge is 0.508 e. The third kappa shape index (κ3) is 2.36. The molecule has 0 saturated heterocycles. The molecule has 1 rings (SSSR count). The molecule has 0 aliphatic carbocycles. The summed E-state index contributed by atoms with van der Waals surface area (Å²) in [7, 11) is 0. The third-order valence-corrected chi connectivity index (χ3v) is 2.42. The minimum absolute atomic E-state index is 0.0167. The van der Waals surface area contributed by atoms with Gasteiger partial charge in [-0.1, -0.05) is 6.08 Å². The van der Waals surface area contributed by atoms with Crippen LogP contribution < -0.4 is 5.73 Å². The summed E-state index contributed by atoms with van der Waals surface area (Å²) in [6.45, 7) is 7.63. The standard InChI is InChI=1S/C12H17NO/c1-4-10(13)7-12-8(2)5-11(14)6-9(12)3/h4-6,10,14H,1,7,13H2,2-3H3. The zero-order valence-electron chi connectivity index (χ0n) is 8.75. The van der Waals surface area contributed by atoms with Gasteiger partial charge in [0.2, 0.25) is 0 Å². The molecule has 1 aromatic carbocycles. The van der Waals surface area contributed by atoms with E-state index in [9.17, 15) is 5.11 Å². The highest BCUT2D eigenvalue weighted by atomic mass is 16.3. The Bertz CT molecular complexity index is 321. The van der Waals surface area contributed by atoms with Crippen LogP contribution >= 0.6 is 0 Å². The van der Waals surface area contributed by atoms with Gasteiger partial charge in [0.25, 0.3) is 0 Å². The second-order valence-corrected chi connectivity index (χ2v) is 3.66. The number of phenols is 1. The second kappa shape index (κ2) is 4.29. The van der Waals surface area contributed by atoms with Crippen LogP contribution in [0.5, 0.6) is 5.75 Å². The fourth-order valence-corrected chi connectivity index (χ4v) is 1.61. The summed E-state index contributed by atoms with van der Waals surface area (Å²) in [5.41, 5.74) is 9.17. The van der Waals surface area contributed by atoms with Crippen molar-refractivity contribution in [2.75, 3.05) is 0 Å². The Morgan fingerprint density at radius 1 is 1.43 bits per heavy atom. The predicted molar refractivity (Wildman–Crippen MR) is 59.5 cm³/mol. The van der Waals surface area contributed by atoms with Gasteiger partial charge >= 0.3 is 0 Å². The van der Waals surface area contributed by atoms with Gasteiger partial charge in [-0.15, -0.1) is 6.58 Å². The van der Waals surface area contributed by atoms with E-state index in [1.54, 1.807) is 18.2 Å². The summed E-state index contributed by atoms with van der Waals surface area (Å²) >= 11 is 0. The molecule has 0 fully saturated rings. The minimum Gasteiger partial charge on any atom is -0.508 e. The summed E-state index contributed by atoms with van der Waals surface area (Å²) in [6, 6.07) is 3.51. The fraction of sp³-hybridized carbons (Fsp3) is 0.333. The Morgan fingerprint density at radius 3 is 2.36 bits per heavy atom. The summed E-state index contributed by atoms with van der Waals surface area (Å²) in [4.78, 5) is 0. The van der Waals surface area contributed by atoms with Crippen molar-refractivity contribution in [2.24, 2.45) is 5.73 Å². The van der Waals surface area contributed by atoms with Gasteiger partial charge in [0.1, 0.15) is 5.75 Å². The quantitative estimate of drug-likeness (QED) is 0.718. The van der Waals surface area contributed by atoms with E-state index in [1.807, 2.05) is 13.8 Å². The monoisotopic (exact) mass is 191 g/mol. The van der Waals surface area contributed by atoms with Crippen molar-refractivity contribution in [3.8, 4) is 5.75 Å². The molecule has 0 radical (unpaired) electrons. The molecule has 1 unspecified atom stereocenters.